The number of benzene rings is 1. The fraction of sp³-hybridized carbons (Fsp3) is 0.444. The number of rotatable bonds is 6. The molecule has 2 aromatic rings. The molecule has 26 heavy (non-hydrogen) atoms. The minimum absolute atomic E-state index is 0. The average molecular weight is 418 g/mol. The second kappa shape index (κ2) is 8.61. The lowest BCUT2D eigenvalue weighted by Crippen LogP contribution is -2.39. The van der Waals surface area contributed by atoms with E-state index in [9.17, 15) is 4.79 Å². The van der Waals surface area contributed by atoms with Crippen LogP contribution in [-0.4, -0.2) is 28.3 Å². The molecule has 1 aliphatic carbocycles. The van der Waals surface area contributed by atoms with Gasteiger partial charge in [0.25, 0.3) is 0 Å². The fourth-order valence-electron chi connectivity index (χ4n) is 2.96. The Labute approximate surface area is 169 Å². The van der Waals surface area contributed by atoms with E-state index in [2.05, 4.69) is 10.4 Å². The SMILES string of the molecule is Cc1nn(-c2ccc(Cl)cc2Cl)c(C)c1CC(=O)NCC(N)C1CC1.Cl. The highest BCUT2D eigenvalue weighted by atomic mass is 35.5. The van der Waals surface area contributed by atoms with Crippen molar-refractivity contribution in [1.29, 1.82) is 0 Å². The van der Waals surface area contributed by atoms with Crippen LogP contribution in [0.1, 0.15) is 29.8 Å². The largest absolute Gasteiger partial charge is 0.354 e. The molecular weight excluding hydrogens is 395 g/mol. The molecule has 1 unspecified atom stereocenters. The van der Waals surface area contributed by atoms with E-state index < -0.39 is 0 Å². The number of hydrogen-bond donors (Lipinski definition) is 2. The van der Waals surface area contributed by atoms with Gasteiger partial charge in [0.15, 0.2) is 0 Å². The number of carbonyl (C=O) groups is 1. The topological polar surface area (TPSA) is 72.9 Å². The zero-order valence-electron chi connectivity index (χ0n) is 14.8. The maximum Gasteiger partial charge on any atom is 0.224 e. The fourth-order valence-corrected chi connectivity index (χ4v) is 3.45. The molecule has 0 bridgehead atoms. The van der Waals surface area contributed by atoms with Crippen LogP contribution in [0.2, 0.25) is 10.0 Å². The van der Waals surface area contributed by atoms with Crippen molar-refractivity contribution in [2.24, 2.45) is 11.7 Å². The molecule has 1 aliphatic rings. The molecule has 3 N–H and O–H groups in total. The van der Waals surface area contributed by atoms with Gasteiger partial charge in [0.05, 0.1) is 22.8 Å². The summed E-state index contributed by atoms with van der Waals surface area (Å²) in [5.74, 6) is 0.530. The predicted octanol–water partition coefficient (Wildman–Crippen LogP) is 3.61. The Bertz CT molecular complexity index is 802. The molecule has 142 valence electrons. The molecule has 1 aromatic heterocycles. The first-order valence-corrected chi connectivity index (χ1v) is 9.15. The van der Waals surface area contributed by atoms with Gasteiger partial charge >= 0.3 is 0 Å². The lowest BCUT2D eigenvalue weighted by molar-refractivity contribution is -0.120. The van der Waals surface area contributed by atoms with E-state index >= 15 is 0 Å². The minimum atomic E-state index is -0.0379. The summed E-state index contributed by atoms with van der Waals surface area (Å²) in [7, 11) is 0. The van der Waals surface area contributed by atoms with E-state index in [0.717, 1.165) is 22.6 Å². The molecule has 0 saturated heterocycles. The molecule has 1 amide bonds. The van der Waals surface area contributed by atoms with Gasteiger partial charge in [-0.1, -0.05) is 23.2 Å². The first kappa shape index (κ1) is 21.0. The number of nitrogens with zero attached hydrogens (tertiary/aromatic N) is 2. The Hall–Kier alpha value is -1.27. The Balaban J connectivity index is 0.00000243. The van der Waals surface area contributed by atoms with E-state index in [1.165, 1.54) is 12.8 Å². The van der Waals surface area contributed by atoms with E-state index in [1.807, 2.05) is 19.9 Å². The second-order valence-electron chi connectivity index (χ2n) is 6.64. The molecule has 3 rings (SSSR count). The van der Waals surface area contributed by atoms with Crippen molar-refractivity contribution in [1.82, 2.24) is 15.1 Å². The van der Waals surface area contributed by atoms with Crippen LogP contribution in [0.25, 0.3) is 5.69 Å². The molecule has 1 saturated carbocycles. The summed E-state index contributed by atoms with van der Waals surface area (Å²) >= 11 is 12.2. The van der Waals surface area contributed by atoms with Crippen molar-refractivity contribution in [3.63, 3.8) is 0 Å². The van der Waals surface area contributed by atoms with Gasteiger partial charge < -0.3 is 11.1 Å². The molecule has 0 spiro atoms. The molecule has 1 atom stereocenters. The van der Waals surface area contributed by atoms with Crippen molar-refractivity contribution in [2.75, 3.05) is 6.54 Å². The first-order valence-electron chi connectivity index (χ1n) is 8.39. The van der Waals surface area contributed by atoms with Crippen LogP contribution < -0.4 is 11.1 Å². The van der Waals surface area contributed by atoms with Gasteiger partial charge in [-0.15, -0.1) is 12.4 Å². The standard InChI is InChI=1S/C18H22Cl2N4O.ClH/c1-10-14(8-18(25)22-9-16(21)12-3-4-12)11(2)24(23-10)17-6-5-13(19)7-15(17)20;/h5-7,12,16H,3-4,8-9,21H2,1-2H3,(H,22,25);1H. The van der Waals surface area contributed by atoms with E-state index in [4.69, 9.17) is 28.9 Å². The Morgan fingerprint density at radius 3 is 2.69 bits per heavy atom. The summed E-state index contributed by atoms with van der Waals surface area (Å²) in [5.41, 5.74) is 9.39. The zero-order valence-corrected chi connectivity index (χ0v) is 17.1. The molecule has 1 fully saturated rings. The summed E-state index contributed by atoms with van der Waals surface area (Å²) in [6.45, 7) is 4.36. The molecule has 0 aliphatic heterocycles. The summed E-state index contributed by atoms with van der Waals surface area (Å²) in [5, 5.41) is 8.56. The summed E-state index contributed by atoms with van der Waals surface area (Å²) in [4.78, 5) is 12.3. The van der Waals surface area contributed by atoms with Gasteiger partial charge in [-0.05, 0) is 50.8 Å². The lowest BCUT2D eigenvalue weighted by atomic mass is 10.1. The van der Waals surface area contributed by atoms with E-state index in [0.29, 0.717) is 22.5 Å². The van der Waals surface area contributed by atoms with Gasteiger partial charge in [0.2, 0.25) is 5.91 Å². The lowest BCUT2D eigenvalue weighted by Gasteiger charge is -2.12. The van der Waals surface area contributed by atoms with Crippen LogP contribution in [0.15, 0.2) is 18.2 Å². The minimum Gasteiger partial charge on any atom is -0.354 e. The first-order chi connectivity index (χ1) is 11.9. The highest BCUT2D eigenvalue weighted by molar-refractivity contribution is 6.35. The van der Waals surface area contributed by atoms with Crippen LogP contribution >= 0.6 is 35.6 Å². The summed E-state index contributed by atoms with van der Waals surface area (Å²) < 4.78 is 1.76. The molecule has 0 radical (unpaired) electrons. The number of halogens is 3. The van der Waals surface area contributed by atoms with Crippen molar-refractivity contribution < 1.29 is 4.79 Å². The number of aromatic nitrogens is 2. The third-order valence-electron chi connectivity index (χ3n) is 4.68. The molecular formula is C18H23Cl3N4O. The van der Waals surface area contributed by atoms with Crippen LogP contribution in [0, 0.1) is 19.8 Å². The quantitative estimate of drug-likeness (QED) is 0.754. The Morgan fingerprint density at radius 2 is 2.08 bits per heavy atom. The van der Waals surface area contributed by atoms with Crippen molar-refractivity contribution >= 4 is 41.5 Å². The van der Waals surface area contributed by atoms with Gasteiger partial charge in [0.1, 0.15) is 0 Å². The average Bonchev–Trinajstić information content (AvgIpc) is 3.36. The van der Waals surface area contributed by atoms with Gasteiger partial charge in [0, 0.05) is 28.9 Å². The normalized spacial score (nSPS) is 14.7. The monoisotopic (exact) mass is 416 g/mol. The summed E-state index contributed by atoms with van der Waals surface area (Å²) in [6.07, 6.45) is 2.62. The number of hydrogen-bond acceptors (Lipinski definition) is 3. The predicted molar refractivity (Wildman–Crippen MR) is 108 cm³/mol. The molecule has 1 aromatic carbocycles. The van der Waals surface area contributed by atoms with Crippen LogP contribution in [0.3, 0.4) is 0 Å². The van der Waals surface area contributed by atoms with Crippen LogP contribution in [-0.2, 0) is 11.2 Å². The number of amides is 1. The smallest absolute Gasteiger partial charge is 0.224 e. The maximum absolute atomic E-state index is 12.3. The van der Waals surface area contributed by atoms with E-state index in [1.54, 1.807) is 16.8 Å². The number of nitrogens with one attached hydrogen (secondary N) is 1. The van der Waals surface area contributed by atoms with Gasteiger partial charge in [-0.2, -0.15) is 5.10 Å². The van der Waals surface area contributed by atoms with Crippen molar-refractivity contribution in [3.05, 3.63) is 45.2 Å². The van der Waals surface area contributed by atoms with Crippen molar-refractivity contribution in [2.45, 2.75) is 39.2 Å². The second-order valence-corrected chi connectivity index (χ2v) is 7.48. The van der Waals surface area contributed by atoms with Gasteiger partial charge in [-0.3, -0.25) is 4.79 Å². The third-order valence-corrected chi connectivity index (χ3v) is 5.22. The third kappa shape index (κ3) is 4.71. The molecule has 5 nitrogen and oxygen atoms in total. The summed E-state index contributed by atoms with van der Waals surface area (Å²) in [6, 6.07) is 5.33. The highest BCUT2D eigenvalue weighted by Crippen LogP contribution is 2.31. The maximum atomic E-state index is 12.3. The Kier molecular flexibility index (Phi) is 6.97. The van der Waals surface area contributed by atoms with Crippen LogP contribution in [0.4, 0.5) is 0 Å². The molecule has 1 heterocycles. The number of carbonyl (C=O) groups excluding carboxylic acids is 1. The molecule has 8 heteroatoms. The van der Waals surface area contributed by atoms with Crippen LogP contribution in [0.5, 0.6) is 0 Å². The number of aryl methyl sites for hydroxylation is 1. The highest BCUT2D eigenvalue weighted by Gasteiger charge is 2.28. The van der Waals surface area contributed by atoms with Crippen molar-refractivity contribution in [3.8, 4) is 5.69 Å². The number of nitrogens with two attached hydrogens (primary N) is 1. The Morgan fingerprint density at radius 1 is 1.38 bits per heavy atom. The van der Waals surface area contributed by atoms with Gasteiger partial charge in [-0.25, -0.2) is 4.68 Å². The zero-order chi connectivity index (χ0) is 18.1. The van der Waals surface area contributed by atoms with E-state index in [-0.39, 0.29) is 30.8 Å².